The Kier molecular flexibility index (Phi) is 7.55. The first-order chi connectivity index (χ1) is 10.3. The van der Waals surface area contributed by atoms with Crippen LogP contribution in [-0.4, -0.2) is 24.7 Å². The van der Waals surface area contributed by atoms with Crippen molar-refractivity contribution in [1.29, 1.82) is 0 Å². The summed E-state index contributed by atoms with van der Waals surface area (Å²) in [6, 6.07) is 13.7. The molecule has 2 aromatic rings. The van der Waals surface area contributed by atoms with Gasteiger partial charge in [0.25, 0.3) is 10.1 Å². The number of aryl methyl sites for hydroxylation is 2. The molecule has 0 saturated carbocycles. The lowest BCUT2D eigenvalue weighted by molar-refractivity contribution is 0.288. The van der Waals surface area contributed by atoms with Crippen molar-refractivity contribution in [2.75, 3.05) is 6.61 Å². The van der Waals surface area contributed by atoms with Crippen LogP contribution in [0.15, 0.2) is 53.4 Å². The lowest BCUT2D eigenvalue weighted by atomic mass is 10.1. The van der Waals surface area contributed by atoms with Gasteiger partial charge in [-0.25, -0.2) is 0 Å². The van der Waals surface area contributed by atoms with Gasteiger partial charge in [-0.15, -0.1) is 0 Å². The number of halogens is 1. The highest BCUT2D eigenvalue weighted by molar-refractivity contribution is 7.85. The van der Waals surface area contributed by atoms with Crippen molar-refractivity contribution in [3.05, 3.63) is 64.7 Å². The Morgan fingerprint density at radius 3 is 2.23 bits per heavy atom. The Morgan fingerprint density at radius 2 is 1.73 bits per heavy atom. The summed E-state index contributed by atoms with van der Waals surface area (Å²) in [6.07, 6.45) is 1.71. The summed E-state index contributed by atoms with van der Waals surface area (Å²) in [5.74, 6) is 0. The third-order valence-corrected chi connectivity index (χ3v) is 3.93. The average molecular weight is 343 g/mol. The van der Waals surface area contributed by atoms with Gasteiger partial charge in [-0.1, -0.05) is 41.4 Å². The molecule has 6 heteroatoms. The zero-order chi connectivity index (χ0) is 16.6. The predicted octanol–water partition coefficient (Wildman–Crippen LogP) is 3.51. The van der Waals surface area contributed by atoms with Gasteiger partial charge in [0.1, 0.15) is 0 Å². The van der Waals surface area contributed by atoms with Gasteiger partial charge in [0.15, 0.2) is 0 Å². The molecule has 0 radical (unpaired) electrons. The number of aliphatic hydroxyl groups is 1. The van der Waals surface area contributed by atoms with Crippen LogP contribution in [-0.2, 0) is 16.5 Å². The summed E-state index contributed by atoms with van der Waals surface area (Å²) in [5.41, 5.74) is 2.14. The molecule has 2 N–H and O–H groups in total. The van der Waals surface area contributed by atoms with Crippen LogP contribution in [0, 0.1) is 6.92 Å². The summed E-state index contributed by atoms with van der Waals surface area (Å²) in [4.78, 5) is -0.0666. The van der Waals surface area contributed by atoms with Crippen molar-refractivity contribution in [2.45, 2.75) is 24.7 Å². The summed E-state index contributed by atoms with van der Waals surface area (Å²) in [5, 5.41) is 9.33. The van der Waals surface area contributed by atoms with Crippen LogP contribution in [0.2, 0.25) is 5.02 Å². The first-order valence-corrected chi connectivity index (χ1v) is 8.54. The summed E-state index contributed by atoms with van der Waals surface area (Å²) in [6.45, 7) is 2.08. The minimum Gasteiger partial charge on any atom is -0.396 e. The molecular formula is C16H19ClO4S. The third-order valence-electron chi connectivity index (χ3n) is 2.83. The SMILES string of the molecule is Cc1ccc(S(=O)(=O)O)cc1.OCCCc1cccc(Cl)c1. The van der Waals surface area contributed by atoms with Crippen molar-refractivity contribution in [3.8, 4) is 0 Å². The van der Waals surface area contributed by atoms with Crippen LogP contribution >= 0.6 is 11.6 Å². The van der Waals surface area contributed by atoms with Gasteiger partial charge in [-0.3, -0.25) is 4.55 Å². The molecule has 0 unspecified atom stereocenters. The summed E-state index contributed by atoms with van der Waals surface area (Å²) >= 11 is 5.76. The van der Waals surface area contributed by atoms with E-state index in [2.05, 4.69) is 0 Å². The van der Waals surface area contributed by atoms with Crippen LogP contribution in [0.5, 0.6) is 0 Å². The standard InChI is InChI=1S/C9H11ClO.C7H8O3S/c10-9-5-1-3-8(7-9)4-2-6-11;1-6-2-4-7(5-3-6)11(8,9)10/h1,3,5,7,11H,2,4,6H2;2-5H,1H3,(H,8,9,10). The molecule has 0 aliphatic heterocycles. The number of hydrogen-bond acceptors (Lipinski definition) is 3. The fourth-order valence-corrected chi connectivity index (χ4v) is 2.38. The first kappa shape index (κ1) is 18.6. The second-order valence-electron chi connectivity index (χ2n) is 4.75. The highest BCUT2D eigenvalue weighted by Crippen LogP contribution is 2.11. The molecule has 4 nitrogen and oxygen atoms in total. The van der Waals surface area contributed by atoms with E-state index in [1.807, 2.05) is 31.2 Å². The molecule has 0 amide bonds. The highest BCUT2D eigenvalue weighted by atomic mass is 35.5. The molecule has 2 rings (SSSR count). The van der Waals surface area contributed by atoms with E-state index in [1.165, 1.54) is 17.7 Å². The molecule has 2 aromatic carbocycles. The van der Waals surface area contributed by atoms with Crippen LogP contribution < -0.4 is 0 Å². The van der Waals surface area contributed by atoms with E-state index in [4.69, 9.17) is 21.3 Å². The van der Waals surface area contributed by atoms with Crippen molar-refractivity contribution in [2.24, 2.45) is 0 Å². The lowest BCUT2D eigenvalue weighted by Gasteiger charge is -1.98. The first-order valence-electron chi connectivity index (χ1n) is 6.72. The molecule has 120 valence electrons. The summed E-state index contributed by atoms with van der Waals surface area (Å²) in [7, 11) is -4.02. The van der Waals surface area contributed by atoms with Gasteiger partial charge >= 0.3 is 0 Å². The van der Waals surface area contributed by atoms with Gasteiger partial charge in [-0.2, -0.15) is 8.42 Å². The average Bonchev–Trinajstić information content (AvgIpc) is 2.45. The van der Waals surface area contributed by atoms with Crippen molar-refractivity contribution >= 4 is 21.7 Å². The Bertz CT molecular complexity index is 682. The van der Waals surface area contributed by atoms with E-state index in [-0.39, 0.29) is 11.5 Å². The maximum atomic E-state index is 10.5. The molecule has 0 atom stereocenters. The fraction of sp³-hybridized carbons (Fsp3) is 0.250. The highest BCUT2D eigenvalue weighted by Gasteiger charge is 2.06. The summed E-state index contributed by atoms with van der Waals surface area (Å²) < 4.78 is 29.6. The van der Waals surface area contributed by atoms with Gasteiger partial charge in [0.2, 0.25) is 0 Å². The van der Waals surface area contributed by atoms with Gasteiger partial charge in [0.05, 0.1) is 4.90 Å². The zero-order valence-electron chi connectivity index (χ0n) is 12.2. The molecule has 0 aromatic heterocycles. The second kappa shape index (κ2) is 8.90. The lowest BCUT2D eigenvalue weighted by Crippen LogP contribution is -1.96. The van der Waals surface area contributed by atoms with E-state index in [0.29, 0.717) is 0 Å². The molecule has 0 spiro atoms. The Hall–Kier alpha value is -1.40. The molecule has 0 heterocycles. The number of benzene rings is 2. The van der Waals surface area contributed by atoms with Gasteiger partial charge in [-0.05, 0) is 49.6 Å². The number of rotatable bonds is 4. The van der Waals surface area contributed by atoms with Crippen molar-refractivity contribution in [1.82, 2.24) is 0 Å². The molecule has 0 aliphatic rings. The van der Waals surface area contributed by atoms with E-state index in [1.54, 1.807) is 12.1 Å². The van der Waals surface area contributed by atoms with E-state index < -0.39 is 10.1 Å². The predicted molar refractivity (Wildman–Crippen MR) is 87.9 cm³/mol. The van der Waals surface area contributed by atoms with Crippen LogP contribution in [0.1, 0.15) is 17.5 Å². The molecular weight excluding hydrogens is 324 g/mol. The molecule has 0 fully saturated rings. The van der Waals surface area contributed by atoms with Crippen molar-refractivity contribution in [3.63, 3.8) is 0 Å². The maximum absolute atomic E-state index is 10.5. The molecule has 0 aliphatic carbocycles. The van der Waals surface area contributed by atoms with E-state index >= 15 is 0 Å². The number of aliphatic hydroxyl groups excluding tert-OH is 1. The Balaban J connectivity index is 0.000000220. The minimum absolute atomic E-state index is 0.0666. The van der Waals surface area contributed by atoms with Crippen LogP contribution in [0.4, 0.5) is 0 Å². The largest absolute Gasteiger partial charge is 0.396 e. The quantitative estimate of drug-likeness (QED) is 0.834. The normalized spacial score (nSPS) is 10.7. The second-order valence-corrected chi connectivity index (χ2v) is 6.60. The zero-order valence-corrected chi connectivity index (χ0v) is 13.8. The smallest absolute Gasteiger partial charge is 0.294 e. The molecule has 0 bridgehead atoms. The van der Waals surface area contributed by atoms with Crippen molar-refractivity contribution < 1.29 is 18.1 Å². The fourth-order valence-electron chi connectivity index (χ4n) is 1.69. The Morgan fingerprint density at radius 1 is 1.09 bits per heavy atom. The van der Waals surface area contributed by atoms with Gasteiger partial charge in [0, 0.05) is 11.6 Å². The monoisotopic (exact) mass is 342 g/mol. The molecule has 22 heavy (non-hydrogen) atoms. The molecule has 0 saturated heterocycles. The van der Waals surface area contributed by atoms with E-state index in [9.17, 15) is 8.42 Å². The van der Waals surface area contributed by atoms with Crippen LogP contribution in [0.3, 0.4) is 0 Å². The van der Waals surface area contributed by atoms with E-state index in [0.717, 1.165) is 23.4 Å². The minimum atomic E-state index is -4.02. The number of hydrogen-bond donors (Lipinski definition) is 2. The maximum Gasteiger partial charge on any atom is 0.294 e. The van der Waals surface area contributed by atoms with Crippen LogP contribution in [0.25, 0.3) is 0 Å². The third kappa shape index (κ3) is 7.04. The van der Waals surface area contributed by atoms with Gasteiger partial charge < -0.3 is 5.11 Å². The Labute approximate surface area is 136 Å². The topological polar surface area (TPSA) is 74.6 Å².